The molecule has 2 heterocycles. The number of rotatable bonds is 7. The van der Waals surface area contributed by atoms with Gasteiger partial charge in [-0.15, -0.1) is 6.42 Å². The van der Waals surface area contributed by atoms with Gasteiger partial charge in [0.05, 0.1) is 36.3 Å². The predicted octanol–water partition coefficient (Wildman–Crippen LogP) is 2.96. The number of aromatic nitrogens is 2. The van der Waals surface area contributed by atoms with E-state index in [-0.39, 0.29) is 23.8 Å². The van der Waals surface area contributed by atoms with E-state index in [9.17, 15) is 4.79 Å². The Labute approximate surface area is 158 Å². The van der Waals surface area contributed by atoms with Crippen LogP contribution in [0.5, 0.6) is 0 Å². The van der Waals surface area contributed by atoms with E-state index in [0.717, 1.165) is 42.4 Å². The molecule has 1 aromatic heterocycles. The molecular weight excluding hydrogens is 346 g/mol. The van der Waals surface area contributed by atoms with Gasteiger partial charge in [-0.2, -0.15) is 0 Å². The minimum absolute atomic E-state index is 0.0825. The Balaban J connectivity index is 1.83. The van der Waals surface area contributed by atoms with Gasteiger partial charge in [-0.25, -0.2) is 4.98 Å². The fraction of sp³-hybridized carbons (Fsp3) is 0.400. The Kier molecular flexibility index (Phi) is 6.37. The maximum atomic E-state index is 12.1. The number of nitrogens with one attached hydrogen (secondary N) is 1. The molecule has 0 saturated carbocycles. The van der Waals surface area contributed by atoms with Gasteiger partial charge in [0.25, 0.3) is 0 Å². The van der Waals surface area contributed by atoms with E-state index in [0.29, 0.717) is 0 Å². The lowest BCUT2D eigenvalue weighted by Gasteiger charge is -2.17. The third kappa shape index (κ3) is 4.48. The lowest BCUT2D eigenvalue weighted by atomic mass is 10.1. The minimum atomic E-state index is -0.280. The predicted molar refractivity (Wildman–Crippen MR) is 104 cm³/mol. The van der Waals surface area contributed by atoms with Crippen LogP contribution in [0.2, 0.25) is 0 Å². The summed E-state index contributed by atoms with van der Waals surface area (Å²) in [5, 5.41) is 3.27. The van der Waals surface area contributed by atoms with Gasteiger partial charge in [0.2, 0.25) is 5.91 Å². The van der Waals surface area contributed by atoms with Crippen molar-refractivity contribution >= 4 is 17.7 Å². The van der Waals surface area contributed by atoms with Crippen LogP contribution in [0.1, 0.15) is 19.8 Å². The van der Waals surface area contributed by atoms with Crippen molar-refractivity contribution in [1.29, 1.82) is 0 Å². The van der Waals surface area contributed by atoms with E-state index in [1.807, 2.05) is 31.3 Å². The molecule has 5 nitrogen and oxygen atoms in total. The topological polar surface area (TPSA) is 56.2 Å². The highest BCUT2D eigenvalue weighted by Crippen LogP contribution is 2.30. The number of imidazole rings is 1. The maximum absolute atomic E-state index is 12.1. The molecule has 1 aliphatic heterocycles. The second kappa shape index (κ2) is 8.93. The zero-order valence-electron chi connectivity index (χ0n) is 14.9. The number of hydrogen-bond donors (Lipinski definition) is 1. The molecule has 1 fully saturated rings. The molecule has 2 atom stereocenters. The summed E-state index contributed by atoms with van der Waals surface area (Å²) < 4.78 is 7.99. The number of carbonyl (C=O) groups excluding carboxylic acids is 1. The van der Waals surface area contributed by atoms with Gasteiger partial charge in [0, 0.05) is 6.61 Å². The highest BCUT2D eigenvalue weighted by atomic mass is 32.2. The van der Waals surface area contributed by atoms with E-state index in [1.54, 1.807) is 0 Å². The first kappa shape index (κ1) is 18.6. The van der Waals surface area contributed by atoms with Crippen LogP contribution in [0, 0.1) is 12.3 Å². The zero-order valence-corrected chi connectivity index (χ0v) is 15.7. The van der Waals surface area contributed by atoms with Crippen molar-refractivity contribution in [3.63, 3.8) is 0 Å². The molecular formula is C20H23N3O2S. The molecule has 2 aromatic rings. The largest absolute Gasteiger partial charge is 0.376 e. The van der Waals surface area contributed by atoms with Crippen LogP contribution in [0.3, 0.4) is 0 Å². The Morgan fingerprint density at radius 2 is 2.31 bits per heavy atom. The fourth-order valence-corrected chi connectivity index (χ4v) is 3.87. The molecule has 26 heavy (non-hydrogen) atoms. The average Bonchev–Trinajstić information content (AvgIpc) is 3.31. The molecule has 0 bridgehead atoms. The van der Waals surface area contributed by atoms with Crippen molar-refractivity contribution in [3.05, 3.63) is 36.5 Å². The third-order valence-electron chi connectivity index (χ3n) is 4.31. The number of carbonyl (C=O) groups is 1. The van der Waals surface area contributed by atoms with Gasteiger partial charge in [-0.1, -0.05) is 48.0 Å². The molecule has 6 heteroatoms. The lowest BCUT2D eigenvalue weighted by molar-refractivity contribution is -0.120. The Morgan fingerprint density at radius 1 is 1.50 bits per heavy atom. The summed E-state index contributed by atoms with van der Waals surface area (Å²) in [6, 6.07) is 10.2. The highest BCUT2D eigenvalue weighted by Gasteiger charge is 2.23. The number of thioether (sulfide) groups is 1. The van der Waals surface area contributed by atoms with Crippen molar-refractivity contribution < 1.29 is 9.53 Å². The first-order chi connectivity index (χ1) is 12.7. The smallest absolute Gasteiger partial charge is 0.234 e. The molecule has 1 amide bonds. The van der Waals surface area contributed by atoms with Crippen LogP contribution >= 0.6 is 11.8 Å². The number of ether oxygens (including phenoxy) is 1. The van der Waals surface area contributed by atoms with Gasteiger partial charge in [0.15, 0.2) is 5.16 Å². The molecule has 136 valence electrons. The molecule has 3 rings (SSSR count). The van der Waals surface area contributed by atoms with Crippen molar-refractivity contribution in [2.24, 2.45) is 0 Å². The number of terminal acetylenes is 1. The van der Waals surface area contributed by atoms with E-state index < -0.39 is 0 Å². The molecule has 1 saturated heterocycles. The Morgan fingerprint density at radius 3 is 3.00 bits per heavy atom. The van der Waals surface area contributed by atoms with E-state index in [1.165, 1.54) is 11.8 Å². The monoisotopic (exact) mass is 369 g/mol. The second-order valence-corrected chi connectivity index (χ2v) is 7.53. The maximum Gasteiger partial charge on any atom is 0.234 e. The SMILES string of the molecule is C#CCNC(=O)C(C)Sc1ncc(-c2ccccc2)n1CC1CCCO1. The van der Waals surface area contributed by atoms with Crippen LogP contribution in [0.15, 0.2) is 41.7 Å². The summed E-state index contributed by atoms with van der Waals surface area (Å²) in [5.74, 6) is 2.34. The van der Waals surface area contributed by atoms with Crippen molar-refractivity contribution in [2.45, 2.75) is 42.8 Å². The number of benzene rings is 1. The van der Waals surface area contributed by atoms with Gasteiger partial charge < -0.3 is 14.6 Å². The minimum Gasteiger partial charge on any atom is -0.376 e. The van der Waals surface area contributed by atoms with E-state index in [4.69, 9.17) is 11.2 Å². The molecule has 2 unspecified atom stereocenters. The number of amides is 1. The summed E-state index contributed by atoms with van der Waals surface area (Å²) in [4.78, 5) is 16.7. The third-order valence-corrected chi connectivity index (χ3v) is 5.42. The molecule has 1 N–H and O–H groups in total. The summed E-state index contributed by atoms with van der Waals surface area (Å²) in [6.07, 6.45) is 9.42. The molecule has 0 radical (unpaired) electrons. The molecule has 0 spiro atoms. The number of nitrogens with zero attached hydrogens (tertiary/aromatic N) is 2. The van der Waals surface area contributed by atoms with Crippen LogP contribution in [-0.4, -0.2) is 40.0 Å². The van der Waals surface area contributed by atoms with Crippen LogP contribution in [0.4, 0.5) is 0 Å². The van der Waals surface area contributed by atoms with Crippen LogP contribution in [-0.2, 0) is 16.1 Å². The van der Waals surface area contributed by atoms with Gasteiger partial charge in [-0.05, 0) is 25.3 Å². The fourth-order valence-electron chi connectivity index (χ4n) is 2.95. The van der Waals surface area contributed by atoms with Gasteiger partial charge >= 0.3 is 0 Å². The van der Waals surface area contributed by atoms with Gasteiger partial charge in [0.1, 0.15) is 0 Å². The quantitative estimate of drug-likeness (QED) is 0.602. The Hall–Kier alpha value is -2.23. The summed E-state index contributed by atoms with van der Waals surface area (Å²) in [5.41, 5.74) is 2.15. The average molecular weight is 369 g/mol. The molecule has 1 aliphatic rings. The van der Waals surface area contributed by atoms with Crippen molar-refractivity contribution in [2.75, 3.05) is 13.2 Å². The second-order valence-electron chi connectivity index (χ2n) is 6.22. The normalized spacial score (nSPS) is 17.6. The van der Waals surface area contributed by atoms with E-state index >= 15 is 0 Å². The first-order valence-corrected chi connectivity index (χ1v) is 9.67. The first-order valence-electron chi connectivity index (χ1n) is 8.79. The van der Waals surface area contributed by atoms with Crippen LogP contribution in [0.25, 0.3) is 11.3 Å². The summed E-state index contributed by atoms with van der Waals surface area (Å²) in [7, 11) is 0. The Bertz CT molecular complexity index is 776. The van der Waals surface area contributed by atoms with Crippen molar-refractivity contribution in [3.8, 4) is 23.6 Å². The zero-order chi connectivity index (χ0) is 18.4. The van der Waals surface area contributed by atoms with E-state index in [2.05, 4.69) is 32.9 Å². The summed E-state index contributed by atoms with van der Waals surface area (Å²) in [6.45, 7) is 3.66. The van der Waals surface area contributed by atoms with Crippen molar-refractivity contribution in [1.82, 2.24) is 14.9 Å². The standard InChI is InChI=1S/C20H23N3O2S/c1-3-11-21-19(24)15(2)26-20-22-13-18(16-8-5-4-6-9-16)23(20)14-17-10-7-12-25-17/h1,4-6,8-9,13,15,17H,7,10-12,14H2,2H3,(H,21,24). The number of hydrogen-bond acceptors (Lipinski definition) is 4. The van der Waals surface area contributed by atoms with Gasteiger partial charge in [-0.3, -0.25) is 4.79 Å². The highest BCUT2D eigenvalue weighted by molar-refractivity contribution is 8.00. The molecule has 1 aromatic carbocycles. The van der Waals surface area contributed by atoms with Crippen LogP contribution < -0.4 is 5.32 Å². The lowest BCUT2D eigenvalue weighted by Crippen LogP contribution is -2.31. The summed E-state index contributed by atoms with van der Waals surface area (Å²) >= 11 is 1.44. The molecule has 0 aliphatic carbocycles.